The third-order valence-electron chi connectivity index (χ3n) is 5.06. The first kappa shape index (κ1) is 20.4. The van der Waals surface area contributed by atoms with E-state index < -0.39 is 17.7 Å². The van der Waals surface area contributed by atoms with Crippen LogP contribution >= 0.6 is 11.6 Å². The summed E-state index contributed by atoms with van der Waals surface area (Å²) in [5, 5.41) is 15.8. The highest BCUT2D eigenvalue weighted by atomic mass is 35.5. The van der Waals surface area contributed by atoms with Crippen LogP contribution in [0, 0.1) is 11.6 Å². The Kier molecular flexibility index (Phi) is 5.24. The van der Waals surface area contributed by atoms with Gasteiger partial charge in [-0.05, 0) is 24.3 Å². The predicted octanol–water partition coefficient (Wildman–Crippen LogP) is 5.19. The Labute approximate surface area is 186 Å². The zero-order valence-corrected chi connectivity index (χ0v) is 17.1. The molecule has 6 nitrogen and oxygen atoms in total. The largest absolute Gasteiger partial charge is 0.487 e. The number of hydrogen-bond donors (Lipinski definition) is 1. The van der Waals surface area contributed by atoms with E-state index in [1.165, 1.54) is 12.3 Å². The lowest BCUT2D eigenvalue weighted by Crippen LogP contribution is -2.16. The molecule has 2 aromatic carbocycles. The van der Waals surface area contributed by atoms with Crippen LogP contribution in [0.5, 0.6) is 11.5 Å². The molecule has 0 saturated carbocycles. The van der Waals surface area contributed by atoms with Crippen LogP contribution in [-0.2, 0) is 0 Å². The van der Waals surface area contributed by atoms with Gasteiger partial charge in [0.15, 0.2) is 17.3 Å². The molecule has 0 spiro atoms. The summed E-state index contributed by atoms with van der Waals surface area (Å²) in [6.07, 6.45) is 1.82. The summed E-state index contributed by atoms with van der Waals surface area (Å²) in [5.74, 6) is -2.75. The Hall–Kier alpha value is -3.49. The highest BCUT2D eigenvalue weighted by molar-refractivity contribution is 6.30. The zero-order valence-electron chi connectivity index (χ0n) is 16.4. The van der Waals surface area contributed by atoms with E-state index >= 15 is 0 Å². The molecule has 32 heavy (non-hydrogen) atoms. The Morgan fingerprint density at radius 2 is 1.88 bits per heavy atom. The van der Waals surface area contributed by atoms with Gasteiger partial charge in [-0.3, -0.25) is 4.98 Å². The summed E-state index contributed by atoms with van der Waals surface area (Å²) in [5.41, 5.74) is 1.39. The van der Waals surface area contributed by atoms with Crippen molar-refractivity contribution in [3.8, 4) is 34.1 Å². The van der Waals surface area contributed by atoms with Crippen LogP contribution in [0.2, 0.25) is 5.02 Å². The molecule has 2 bridgehead atoms. The first-order valence-electron chi connectivity index (χ1n) is 9.66. The summed E-state index contributed by atoms with van der Waals surface area (Å²) in [6, 6.07) is 11.4. The maximum Gasteiger partial charge on any atom is 0.205 e. The van der Waals surface area contributed by atoms with Gasteiger partial charge in [-0.2, -0.15) is 8.78 Å². The van der Waals surface area contributed by atoms with Crippen molar-refractivity contribution in [1.82, 2.24) is 10.1 Å². The van der Waals surface area contributed by atoms with Crippen LogP contribution in [0.1, 0.15) is 17.2 Å². The third-order valence-corrected chi connectivity index (χ3v) is 5.29. The molecule has 0 aliphatic carbocycles. The second-order valence-corrected chi connectivity index (χ2v) is 7.49. The number of ether oxygens (including phenoxy) is 2. The molecule has 9 heteroatoms. The molecule has 2 aliphatic rings. The standard InChI is InChI=1S/C23H15ClF2N2O4/c24-14-5-1-3-12(9-14)22-17(21(29)13-4-2-6-27-11-13)20(28-32-22)15-10-16-18(25)19(26)23(15)31-8-7-30-16/h1-6,9-11,21,29H,7-8H2. The Morgan fingerprint density at radius 3 is 2.66 bits per heavy atom. The average molecular weight is 457 g/mol. The van der Waals surface area contributed by atoms with Gasteiger partial charge < -0.3 is 19.1 Å². The van der Waals surface area contributed by atoms with E-state index in [9.17, 15) is 13.9 Å². The smallest absolute Gasteiger partial charge is 0.205 e. The van der Waals surface area contributed by atoms with Crippen LogP contribution in [0.4, 0.5) is 8.78 Å². The number of aliphatic hydroxyl groups excluding tert-OH is 1. The fraction of sp³-hybridized carbons (Fsp3) is 0.130. The summed E-state index contributed by atoms with van der Waals surface area (Å²) < 4.78 is 45.4. The van der Waals surface area contributed by atoms with Gasteiger partial charge in [0.05, 0.1) is 11.1 Å². The first-order valence-corrected chi connectivity index (χ1v) is 10.0. The Balaban J connectivity index is 1.77. The van der Waals surface area contributed by atoms with E-state index in [-0.39, 0.29) is 47.3 Å². The molecular formula is C23H15ClF2N2O4. The number of nitrogens with zero attached hydrogens (tertiary/aromatic N) is 2. The lowest BCUT2D eigenvalue weighted by Gasteiger charge is -2.20. The molecule has 1 atom stereocenters. The zero-order chi connectivity index (χ0) is 22.2. The number of halogens is 3. The molecular weight excluding hydrogens is 442 g/mol. The first-order chi connectivity index (χ1) is 15.5. The average Bonchev–Trinajstić information content (AvgIpc) is 3.23. The van der Waals surface area contributed by atoms with Crippen LogP contribution in [0.3, 0.4) is 0 Å². The van der Waals surface area contributed by atoms with E-state index in [0.29, 0.717) is 16.1 Å². The van der Waals surface area contributed by atoms with Crippen LogP contribution in [-0.4, -0.2) is 28.5 Å². The van der Waals surface area contributed by atoms with Gasteiger partial charge in [-0.1, -0.05) is 35.0 Å². The van der Waals surface area contributed by atoms with Gasteiger partial charge in [0.25, 0.3) is 0 Å². The van der Waals surface area contributed by atoms with E-state index in [2.05, 4.69) is 10.1 Å². The molecule has 0 saturated heterocycles. The minimum absolute atomic E-state index is 0.0103. The van der Waals surface area contributed by atoms with Crippen LogP contribution in [0.15, 0.2) is 59.4 Å². The lowest BCUT2D eigenvalue weighted by molar-refractivity contribution is 0.189. The molecule has 2 aromatic heterocycles. The topological polar surface area (TPSA) is 77.6 Å². The normalized spacial score (nSPS) is 13.8. The number of fused-ring (bicyclic) bond motifs is 5. The molecule has 1 N–H and O–H groups in total. The fourth-order valence-corrected chi connectivity index (χ4v) is 3.78. The molecule has 4 aromatic rings. The third kappa shape index (κ3) is 3.47. The minimum Gasteiger partial charge on any atom is -0.487 e. The molecule has 0 amide bonds. The number of hydrogen-bond acceptors (Lipinski definition) is 6. The Bertz CT molecular complexity index is 1300. The molecule has 4 heterocycles. The van der Waals surface area contributed by atoms with Crippen molar-refractivity contribution in [2.75, 3.05) is 13.2 Å². The van der Waals surface area contributed by atoms with Gasteiger partial charge >= 0.3 is 0 Å². The molecule has 1 unspecified atom stereocenters. The van der Waals surface area contributed by atoms with Crippen molar-refractivity contribution >= 4 is 11.6 Å². The van der Waals surface area contributed by atoms with E-state index in [4.69, 9.17) is 25.6 Å². The van der Waals surface area contributed by atoms with Crippen molar-refractivity contribution in [1.29, 1.82) is 0 Å². The second-order valence-electron chi connectivity index (χ2n) is 7.05. The van der Waals surface area contributed by atoms with Crippen molar-refractivity contribution in [3.63, 3.8) is 0 Å². The Morgan fingerprint density at radius 1 is 1.03 bits per heavy atom. The quantitative estimate of drug-likeness (QED) is 0.455. The number of pyridine rings is 1. The molecule has 0 radical (unpaired) electrons. The van der Waals surface area contributed by atoms with Crippen LogP contribution < -0.4 is 9.47 Å². The van der Waals surface area contributed by atoms with Gasteiger partial charge in [0, 0.05) is 28.5 Å². The SMILES string of the molecule is OC(c1cccnc1)c1c(-c2cc3c(F)c(F)c2OCCO3)noc1-c1cccc(Cl)c1. The minimum atomic E-state index is -1.24. The summed E-state index contributed by atoms with van der Waals surface area (Å²) in [7, 11) is 0. The van der Waals surface area contributed by atoms with E-state index in [1.54, 1.807) is 42.6 Å². The summed E-state index contributed by atoms with van der Waals surface area (Å²) >= 11 is 6.14. The second kappa shape index (κ2) is 8.22. The highest BCUT2D eigenvalue weighted by Gasteiger charge is 2.32. The van der Waals surface area contributed by atoms with Gasteiger partial charge in [-0.25, -0.2) is 0 Å². The highest BCUT2D eigenvalue weighted by Crippen LogP contribution is 2.45. The number of rotatable bonds is 4. The van der Waals surface area contributed by atoms with Gasteiger partial charge in [0.1, 0.15) is 25.0 Å². The van der Waals surface area contributed by atoms with Gasteiger partial charge in [0.2, 0.25) is 11.6 Å². The lowest BCUT2D eigenvalue weighted by atomic mass is 9.94. The van der Waals surface area contributed by atoms with Crippen molar-refractivity contribution < 1.29 is 27.9 Å². The molecule has 0 fully saturated rings. The monoisotopic (exact) mass is 456 g/mol. The number of aliphatic hydroxyl groups is 1. The van der Waals surface area contributed by atoms with Crippen LogP contribution in [0.25, 0.3) is 22.6 Å². The van der Waals surface area contributed by atoms with E-state index in [0.717, 1.165) is 0 Å². The molecule has 2 aliphatic heterocycles. The van der Waals surface area contributed by atoms with Crippen molar-refractivity contribution in [3.05, 3.63) is 82.6 Å². The molecule has 6 rings (SSSR count). The number of benzene rings is 2. The van der Waals surface area contributed by atoms with Crippen molar-refractivity contribution in [2.24, 2.45) is 0 Å². The summed E-state index contributed by atoms with van der Waals surface area (Å²) in [4.78, 5) is 4.04. The fourth-order valence-electron chi connectivity index (χ4n) is 3.59. The summed E-state index contributed by atoms with van der Waals surface area (Å²) in [6.45, 7) is 0.0669. The maximum absolute atomic E-state index is 14.7. The van der Waals surface area contributed by atoms with Gasteiger partial charge in [-0.15, -0.1) is 0 Å². The number of aromatic nitrogens is 2. The van der Waals surface area contributed by atoms with E-state index in [1.807, 2.05) is 0 Å². The predicted molar refractivity (Wildman–Crippen MR) is 112 cm³/mol. The van der Waals surface area contributed by atoms with Crippen molar-refractivity contribution in [2.45, 2.75) is 6.10 Å². The maximum atomic E-state index is 14.7. The molecule has 162 valence electrons.